The number of hydrogen-bond acceptors (Lipinski definition) is 5. The van der Waals surface area contributed by atoms with E-state index in [1.807, 2.05) is 66.2 Å². The number of nitrogens with zero attached hydrogens (tertiary/aromatic N) is 4. The highest BCUT2D eigenvalue weighted by molar-refractivity contribution is 5.67. The lowest BCUT2D eigenvalue weighted by atomic mass is 10.1. The van der Waals surface area contributed by atoms with Gasteiger partial charge in [-0.1, -0.05) is 18.2 Å². The Balaban J connectivity index is 1.70. The third kappa shape index (κ3) is 3.21. The first-order chi connectivity index (χ1) is 12.7. The number of methoxy groups -OCH3 is 1. The van der Waals surface area contributed by atoms with Gasteiger partial charge in [0.25, 0.3) is 0 Å². The number of hydrogen-bond donors (Lipinski definition) is 1. The number of nitrogens with one attached hydrogen (secondary N) is 1. The van der Waals surface area contributed by atoms with E-state index < -0.39 is 0 Å². The van der Waals surface area contributed by atoms with E-state index in [2.05, 4.69) is 15.3 Å². The Labute approximate surface area is 151 Å². The number of anilines is 1. The van der Waals surface area contributed by atoms with Gasteiger partial charge in [0.05, 0.1) is 12.8 Å². The van der Waals surface area contributed by atoms with E-state index in [-0.39, 0.29) is 0 Å². The highest BCUT2D eigenvalue weighted by atomic mass is 16.5. The summed E-state index contributed by atoms with van der Waals surface area (Å²) >= 11 is 0. The molecular formula is C20H19N5O. The number of fused-ring (bicyclic) bond motifs is 1. The van der Waals surface area contributed by atoms with Crippen LogP contribution in [0.1, 0.15) is 11.3 Å². The van der Waals surface area contributed by atoms with Gasteiger partial charge < -0.3 is 10.1 Å². The van der Waals surface area contributed by atoms with E-state index in [4.69, 9.17) is 9.84 Å². The van der Waals surface area contributed by atoms with Gasteiger partial charge in [0.15, 0.2) is 5.65 Å². The fourth-order valence-corrected chi connectivity index (χ4v) is 2.84. The van der Waals surface area contributed by atoms with Crippen molar-refractivity contribution >= 4 is 11.5 Å². The Hall–Kier alpha value is -3.41. The van der Waals surface area contributed by atoms with Crippen molar-refractivity contribution in [3.8, 4) is 17.0 Å². The minimum atomic E-state index is 0.667. The second kappa shape index (κ2) is 6.84. The van der Waals surface area contributed by atoms with Gasteiger partial charge in [0.1, 0.15) is 11.6 Å². The molecule has 0 radical (unpaired) electrons. The van der Waals surface area contributed by atoms with E-state index >= 15 is 0 Å². The summed E-state index contributed by atoms with van der Waals surface area (Å²) in [7, 11) is 1.66. The minimum absolute atomic E-state index is 0.667. The number of pyridine rings is 1. The molecule has 0 aliphatic carbocycles. The van der Waals surface area contributed by atoms with Crippen LogP contribution in [0, 0.1) is 6.92 Å². The van der Waals surface area contributed by atoms with E-state index in [0.29, 0.717) is 6.54 Å². The molecule has 4 rings (SSSR count). The summed E-state index contributed by atoms with van der Waals surface area (Å²) < 4.78 is 7.14. The van der Waals surface area contributed by atoms with E-state index in [1.54, 1.807) is 13.3 Å². The summed E-state index contributed by atoms with van der Waals surface area (Å²) in [5.41, 5.74) is 4.69. The summed E-state index contributed by atoms with van der Waals surface area (Å²) in [6.07, 6.45) is 3.62. The van der Waals surface area contributed by atoms with Crippen LogP contribution in [0.25, 0.3) is 16.9 Å². The van der Waals surface area contributed by atoms with Crippen LogP contribution in [0.3, 0.4) is 0 Å². The maximum atomic E-state index is 5.31. The molecular weight excluding hydrogens is 326 g/mol. The average molecular weight is 345 g/mol. The van der Waals surface area contributed by atoms with Crippen molar-refractivity contribution in [2.75, 3.05) is 12.4 Å². The lowest BCUT2D eigenvalue weighted by molar-refractivity contribution is 0.415. The van der Waals surface area contributed by atoms with Crippen LogP contribution in [-0.4, -0.2) is 26.7 Å². The maximum Gasteiger partial charge on any atom is 0.158 e. The topological polar surface area (TPSA) is 64.3 Å². The maximum absolute atomic E-state index is 5.31. The summed E-state index contributed by atoms with van der Waals surface area (Å²) in [4.78, 5) is 8.75. The van der Waals surface area contributed by atoms with Crippen molar-refractivity contribution in [2.45, 2.75) is 13.5 Å². The number of rotatable bonds is 5. The molecule has 0 saturated carbocycles. The number of aromatic nitrogens is 4. The number of ether oxygens (including phenoxy) is 1. The van der Waals surface area contributed by atoms with Gasteiger partial charge in [-0.25, -0.2) is 4.98 Å². The second-order valence-corrected chi connectivity index (χ2v) is 6.03. The molecule has 1 N–H and O–H groups in total. The Morgan fingerprint density at radius 3 is 2.85 bits per heavy atom. The molecule has 0 saturated heterocycles. The quantitative estimate of drug-likeness (QED) is 0.597. The zero-order valence-electron chi connectivity index (χ0n) is 14.7. The van der Waals surface area contributed by atoms with Crippen LogP contribution in [0.5, 0.6) is 5.75 Å². The zero-order valence-corrected chi connectivity index (χ0v) is 14.7. The molecule has 130 valence electrons. The van der Waals surface area contributed by atoms with E-state index in [0.717, 1.165) is 39.7 Å². The Kier molecular flexibility index (Phi) is 4.23. The van der Waals surface area contributed by atoms with E-state index in [1.165, 1.54) is 0 Å². The average Bonchev–Trinajstić information content (AvgIpc) is 3.11. The summed E-state index contributed by atoms with van der Waals surface area (Å²) in [6.45, 7) is 2.65. The van der Waals surface area contributed by atoms with Gasteiger partial charge in [-0.05, 0) is 30.7 Å². The molecule has 0 spiro atoms. The molecule has 0 amide bonds. The van der Waals surface area contributed by atoms with Crippen molar-refractivity contribution in [3.05, 3.63) is 72.2 Å². The third-order valence-corrected chi connectivity index (χ3v) is 4.12. The molecule has 0 atom stereocenters. The third-order valence-electron chi connectivity index (χ3n) is 4.12. The van der Waals surface area contributed by atoms with Gasteiger partial charge in [0.2, 0.25) is 0 Å². The van der Waals surface area contributed by atoms with Crippen LogP contribution in [0.4, 0.5) is 5.82 Å². The fourth-order valence-electron chi connectivity index (χ4n) is 2.84. The normalized spacial score (nSPS) is 10.8. The monoisotopic (exact) mass is 345 g/mol. The smallest absolute Gasteiger partial charge is 0.158 e. The minimum Gasteiger partial charge on any atom is -0.497 e. The molecule has 0 aliphatic rings. The molecule has 4 aromatic rings. The van der Waals surface area contributed by atoms with Gasteiger partial charge >= 0.3 is 0 Å². The summed E-state index contributed by atoms with van der Waals surface area (Å²) in [5.74, 6) is 1.70. The van der Waals surface area contributed by atoms with Crippen LogP contribution < -0.4 is 10.1 Å². The Morgan fingerprint density at radius 2 is 2.04 bits per heavy atom. The van der Waals surface area contributed by atoms with Crippen LogP contribution >= 0.6 is 0 Å². The molecule has 3 heterocycles. The SMILES string of the molecule is COc1cccc(-c2cc3nc(C)cc(NCc4cccnc4)n3n2)c1. The first-order valence-corrected chi connectivity index (χ1v) is 8.37. The van der Waals surface area contributed by atoms with E-state index in [9.17, 15) is 0 Å². The lowest BCUT2D eigenvalue weighted by Gasteiger charge is -2.09. The standard InChI is InChI=1S/C20H19N5O/c1-14-9-19(22-13-15-5-4-8-21-12-15)25-20(23-14)11-18(24-25)16-6-3-7-17(10-16)26-2/h3-12,22H,13H2,1-2H3. The van der Waals surface area contributed by atoms with Crippen molar-refractivity contribution in [1.82, 2.24) is 19.6 Å². The summed E-state index contributed by atoms with van der Waals surface area (Å²) in [6, 6.07) is 15.8. The molecule has 3 aromatic heterocycles. The largest absolute Gasteiger partial charge is 0.497 e. The zero-order chi connectivity index (χ0) is 17.9. The van der Waals surface area contributed by atoms with Gasteiger partial charge in [-0.3, -0.25) is 4.98 Å². The molecule has 0 bridgehead atoms. The molecule has 6 heteroatoms. The molecule has 0 aliphatic heterocycles. The van der Waals surface area contributed by atoms with Crippen LogP contribution in [0.2, 0.25) is 0 Å². The second-order valence-electron chi connectivity index (χ2n) is 6.03. The predicted octanol–water partition coefficient (Wildman–Crippen LogP) is 3.72. The number of benzene rings is 1. The Morgan fingerprint density at radius 1 is 1.12 bits per heavy atom. The van der Waals surface area contributed by atoms with Gasteiger partial charge in [-0.2, -0.15) is 9.61 Å². The molecule has 26 heavy (non-hydrogen) atoms. The molecule has 6 nitrogen and oxygen atoms in total. The first-order valence-electron chi connectivity index (χ1n) is 8.37. The predicted molar refractivity (Wildman–Crippen MR) is 101 cm³/mol. The molecule has 0 fully saturated rings. The Bertz CT molecular complexity index is 1040. The van der Waals surface area contributed by atoms with Gasteiger partial charge in [0, 0.05) is 42.3 Å². The van der Waals surface area contributed by atoms with Crippen molar-refractivity contribution in [2.24, 2.45) is 0 Å². The highest BCUT2D eigenvalue weighted by Gasteiger charge is 2.10. The van der Waals surface area contributed by atoms with Gasteiger partial charge in [-0.15, -0.1) is 0 Å². The van der Waals surface area contributed by atoms with Crippen LogP contribution in [-0.2, 0) is 6.54 Å². The summed E-state index contributed by atoms with van der Waals surface area (Å²) in [5, 5.41) is 8.16. The first kappa shape index (κ1) is 16.1. The fraction of sp³-hybridized carbons (Fsp3) is 0.150. The van der Waals surface area contributed by atoms with Crippen molar-refractivity contribution in [3.63, 3.8) is 0 Å². The van der Waals surface area contributed by atoms with Crippen molar-refractivity contribution < 1.29 is 4.74 Å². The van der Waals surface area contributed by atoms with Crippen molar-refractivity contribution in [1.29, 1.82) is 0 Å². The molecule has 0 unspecified atom stereocenters. The lowest BCUT2D eigenvalue weighted by Crippen LogP contribution is -2.06. The van der Waals surface area contributed by atoms with Crippen LogP contribution in [0.15, 0.2) is 60.9 Å². The highest BCUT2D eigenvalue weighted by Crippen LogP contribution is 2.25. The number of aryl methyl sites for hydroxylation is 1. The molecule has 1 aromatic carbocycles.